The van der Waals surface area contributed by atoms with Crippen molar-refractivity contribution in [3.63, 3.8) is 0 Å². The predicted molar refractivity (Wildman–Crippen MR) is 93.8 cm³/mol. The maximum atomic E-state index is 12.7. The van der Waals surface area contributed by atoms with E-state index in [0.717, 1.165) is 11.3 Å². The summed E-state index contributed by atoms with van der Waals surface area (Å²) in [6.07, 6.45) is 2.20. The monoisotopic (exact) mass is 337 g/mol. The summed E-state index contributed by atoms with van der Waals surface area (Å²) in [6.45, 7) is 2.00. The fourth-order valence-electron chi connectivity index (χ4n) is 2.68. The molecule has 0 fully saturated rings. The van der Waals surface area contributed by atoms with E-state index >= 15 is 0 Å². The zero-order valence-electron chi connectivity index (χ0n) is 14.1. The third-order valence-electron chi connectivity index (χ3n) is 3.98. The number of tetrazole rings is 1. The van der Waals surface area contributed by atoms with Gasteiger partial charge in [0, 0.05) is 6.07 Å². The van der Waals surface area contributed by atoms with Gasteiger partial charge in [-0.3, -0.25) is 4.79 Å². The van der Waals surface area contributed by atoms with E-state index in [0.29, 0.717) is 17.9 Å². The minimum atomic E-state index is -0.218. The van der Waals surface area contributed by atoms with Gasteiger partial charge in [0.15, 0.2) is 0 Å². The number of ether oxygens (including phenoxy) is 1. The van der Waals surface area contributed by atoms with Crippen LogP contribution in [0.5, 0.6) is 5.75 Å². The average molecular weight is 337 g/mol. The van der Waals surface area contributed by atoms with E-state index in [4.69, 9.17) is 4.74 Å². The molecule has 1 atom stereocenters. The maximum absolute atomic E-state index is 12.7. The molecule has 0 bridgehead atoms. The number of nitrogens with zero attached hydrogens (tertiary/aromatic N) is 4. The summed E-state index contributed by atoms with van der Waals surface area (Å²) >= 11 is 0. The molecule has 0 saturated carbocycles. The molecule has 1 aromatic heterocycles. The second-order valence-electron chi connectivity index (χ2n) is 5.50. The van der Waals surface area contributed by atoms with E-state index in [-0.39, 0.29) is 11.8 Å². The Kier molecular flexibility index (Phi) is 5.03. The molecule has 0 saturated heterocycles. The van der Waals surface area contributed by atoms with Gasteiger partial charge in [-0.1, -0.05) is 37.3 Å². The first-order chi connectivity index (χ1) is 12.2. The highest BCUT2D eigenvalue weighted by Gasteiger charge is 2.20. The van der Waals surface area contributed by atoms with Crippen LogP contribution in [0.1, 0.15) is 24.8 Å². The van der Waals surface area contributed by atoms with Gasteiger partial charge in [-0.2, -0.15) is 0 Å². The van der Waals surface area contributed by atoms with Gasteiger partial charge in [-0.05, 0) is 34.5 Å². The Bertz CT molecular complexity index is 834. The van der Waals surface area contributed by atoms with Crippen molar-refractivity contribution in [3.05, 3.63) is 60.4 Å². The number of amides is 1. The third kappa shape index (κ3) is 3.65. The summed E-state index contributed by atoms with van der Waals surface area (Å²) in [4.78, 5) is 12.7. The van der Waals surface area contributed by atoms with Crippen molar-refractivity contribution >= 4 is 11.6 Å². The minimum Gasteiger partial charge on any atom is -0.494 e. The molecule has 1 N–H and O–H groups in total. The van der Waals surface area contributed by atoms with Crippen LogP contribution in [0.15, 0.2) is 54.9 Å². The first-order valence-corrected chi connectivity index (χ1v) is 8.00. The van der Waals surface area contributed by atoms with E-state index in [9.17, 15) is 4.79 Å². The zero-order chi connectivity index (χ0) is 17.6. The number of benzene rings is 2. The van der Waals surface area contributed by atoms with Gasteiger partial charge in [-0.15, -0.1) is 5.10 Å². The first kappa shape index (κ1) is 16.6. The van der Waals surface area contributed by atoms with Crippen LogP contribution >= 0.6 is 0 Å². The third-order valence-corrected chi connectivity index (χ3v) is 3.98. The normalized spacial score (nSPS) is 11.8. The largest absolute Gasteiger partial charge is 0.494 e. The molecule has 3 aromatic rings. The van der Waals surface area contributed by atoms with Crippen LogP contribution in [0.3, 0.4) is 0 Å². The molecule has 7 nitrogen and oxygen atoms in total. The summed E-state index contributed by atoms with van der Waals surface area (Å²) in [7, 11) is 1.56. The van der Waals surface area contributed by atoms with Gasteiger partial charge >= 0.3 is 0 Å². The molecule has 3 rings (SSSR count). The van der Waals surface area contributed by atoms with Gasteiger partial charge in [-0.25, -0.2) is 4.68 Å². The molecule has 0 radical (unpaired) electrons. The number of hydrogen-bond acceptors (Lipinski definition) is 5. The number of anilines is 1. The first-order valence-electron chi connectivity index (χ1n) is 8.00. The Labute approximate surface area is 145 Å². The van der Waals surface area contributed by atoms with Crippen LogP contribution in [0.25, 0.3) is 5.69 Å². The summed E-state index contributed by atoms with van der Waals surface area (Å²) < 4.78 is 6.93. The van der Waals surface area contributed by atoms with E-state index in [1.54, 1.807) is 19.2 Å². The van der Waals surface area contributed by atoms with Gasteiger partial charge in [0.25, 0.3) is 0 Å². The highest BCUT2D eigenvalue weighted by atomic mass is 16.5. The number of aromatic nitrogens is 4. The number of nitrogens with one attached hydrogen (secondary N) is 1. The smallest absolute Gasteiger partial charge is 0.232 e. The highest BCUT2D eigenvalue weighted by molar-refractivity contribution is 5.97. The van der Waals surface area contributed by atoms with E-state index in [2.05, 4.69) is 20.8 Å². The van der Waals surface area contributed by atoms with Crippen LogP contribution in [0.4, 0.5) is 5.69 Å². The van der Waals surface area contributed by atoms with Crippen molar-refractivity contribution in [2.24, 2.45) is 0 Å². The number of carbonyl (C=O) groups is 1. The van der Waals surface area contributed by atoms with Crippen molar-refractivity contribution in [2.45, 2.75) is 19.3 Å². The number of hydrogen-bond donors (Lipinski definition) is 1. The summed E-state index contributed by atoms with van der Waals surface area (Å²) in [5, 5.41) is 14.0. The van der Waals surface area contributed by atoms with Gasteiger partial charge < -0.3 is 10.1 Å². The Morgan fingerprint density at radius 2 is 2.04 bits per heavy atom. The van der Waals surface area contributed by atoms with Crippen LogP contribution in [0.2, 0.25) is 0 Å². The van der Waals surface area contributed by atoms with Crippen LogP contribution in [0, 0.1) is 0 Å². The summed E-state index contributed by atoms with van der Waals surface area (Å²) in [5.41, 5.74) is 2.35. The Hall–Kier alpha value is -3.22. The second-order valence-corrected chi connectivity index (χ2v) is 5.50. The Morgan fingerprint density at radius 3 is 2.68 bits per heavy atom. The molecule has 2 aromatic carbocycles. The molecule has 25 heavy (non-hydrogen) atoms. The molecule has 0 unspecified atom stereocenters. The van der Waals surface area contributed by atoms with Crippen LogP contribution < -0.4 is 10.1 Å². The Balaban J connectivity index is 1.83. The quantitative estimate of drug-likeness (QED) is 0.748. The average Bonchev–Trinajstić information content (AvgIpc) is 3.18. The number of rotatable bonds is 6. The number of carbonyl (C=O) groups excluding carboxylic acids is 1. The molecule has 0 aliphatic rings. The van der Waals surface area contributed by atoms with Crippen molar-refractivity contribution in [3.8, 4) is 11.4 Å². The van der Waals surface area contributed by atoms with E-state index in [1.165, 1.54) is 11.0 Å². The molecular weight excluding hydrogens is 318 g/mol. The maximum Gasteiger partial charge on any atom is 0.232 e. The lowest BCUT2D eigenvalue weighted by Crippen LogP contribution is -2.21. The SMILES string of the molecule is CC[C@@H](C(=O)Nc1ccc(-n2cnnn2)cc1OC)c1ccccc1. The minimum absolute atomic E-state index is 0.0674. The summed E-state index contributed by atoms with van der Waals surface area (Å²) in [6, 6.07) is 15.1. The lowest BCUT2D eigenvalue weighted by molar-refractivity contribution is -0.117. The lowest BCUT2D eigenvalue weighted by Gasteiger charge is -2.17. The summed E-state index contributed by atoms with van der Waals surface area (Å²) in [5.74, 6) is 0.261. The fraction of sp³-hybridized carbons (Fsp3) is 0.222. The highest BCUT2D eigenvalue weighted by Crippen LogP contribution is 2.29. The number of methoxy groups -OCH3 is 1. The van der Waals surface area contributed by atoms with Crippen molar-refractivity contribution in [1.29, 1.82) is 0 Å². The molecule has 1 heterocycles. The molecule has 0 spiro atoms. The van der Waals surface area contributed by atoms with Crippen LogP contribution in [-0.4, -0.2) is 33.2 Å². The molecule has 0 aliphatic heterocycles. The zero-order valence-corrected chi connectivity index (χ0v) is 14.1. The van der Waals surface area contributed by atoms with E-state index < -0.39 is 0 Å². The molecule has 0 aliphatic carbocycles. The standard InChI is InChI=1S/C18H19N5O2/c1-3-15(13-7-5-4-6-8-13)18(24)20-16-10-9-14(11-17(16)25-2)23-12-19-21-22-23/h4-12,15H,3H2,1-2H3,(H,20,24)/t15-/m1/s1. The van der Waals surface area contributed by atoms with Crippen molar-refractivity contribution < 1.29 is 9.53 Å². The van der Waals surface area contributed by atoms with Gasteiger partial charge in [0.1, 0.15) is 12.1 Å². The topological polar surface area (TPSA) is 81.9 Å². The fourth-order valence-corrected chi connectivity index (χ4v) is 2.68. The molecule has 1 amide bonds. The second kappa shape index (κ2) is 7.57. The molecule has 7 heteroatoms. The predicted octanol–water partition coefficient (Wildman–Crippen LogP) is 2.80. The lowest BCUT2D eigenvalue weighted by atomic mass is 9.95. The molecule has 128 valence electrons. The van der Waals surface area contributed by atoms with Crippen LogP contribution in [-0.2, 0) is 4.79 Å². The Morgan fingerprint density at radius 1 is 1.24 bits per heavy atom. The van der Waals surface area contributed by atoms with Crippen molar-refractivity contribution in [2.75, 3.05) is 12.4 Å². The van der Waals surface area contributed by atoms with E-state index in [1.807, 2.05) is 43.3 Å². The van der Waals surface area contributed by atoms with Gasteiger partial charge in [0.05, 0.1) is 24.4 Å². The van der Waals surface area contributed by atoms with Crippen molar-refractivity contribution in [1.82, 2.24) is 20.2 Å². The van der Waals surface area contributed by atoms with Gasteiger partial charge in [0.2, 0.25) is 5.91 Å². The molecular formula is C18H19N5O2.